The summed E-state index contributed by atoms with van der Waals surface area (Å²) in [5.74, 6) is 0. The van der Waals surface area contributed by atoms with Crippen LogP contribution in [0.5, 0.6) is 0 Å². The Morgan fingerprint density at radius 1 is 0.625 bits per heavy atom. The number of benzene rings is 5. The quantitative estimate of drug-likeness (QED) is 0.211. The van der Waals surface area contributed by atoms with Crippen LogP contribution in [0, 0.1) is 0 Å². The highest BCUT2D eigenvalue weighted by atomic mass is 16.3. The van der Waals surface area contributed by atoms with Crippen LogP contribution < -0.4 is 21.3 Å². The molecule has 5 heteroatoms. The molecular formula is C43H29N3O2. The third kappa shape index (κ3) is 4.21. The minimum absolute atomic E-state index is 0.0459. The van der Waals surface area contributed by atoms with Gasteiger partial charge in [-0.2, -0.15) is 0 Å². The first-order valence-corrected chi connectivity index (χ1v) is 16.3. The van der Waals surface area contributed by atoms with E-state index < -0.39 is 0 Å². The van der Waals surface area contributed by atoms with Crippen molar-refractivity contribution < 1.29 is 8.83 Å². The Morgan fingerprint density at radius 2 is 1.42 bits per heavy atom. The van der Waals surface area contributed by atoms with Gasteiger partial charge in [-0.15, -0.1) is 0 Å². The van der Waals surface area contributed by atoms with Gasteiger partial charge in [0, 0.05) is 38.6 Å². The lowest BCUT2D eigenvalue weighted by Gasteiger charge is -2.25. The monoisotopic (exact) mass is 619 g/mol. The van der Waals surface area contributed by atoms with E-state index in [-0.39, 0.29) is 12.2 Å². The number of allylic oxidation sites excluding steroid dienone is 3. The normalized spacial score (nSPS) is 18.3. The lowest BCUT2D eigenvalue weighted by Crippen LogP contribution is -2.44. The van der Waals surface area contributed by atoms with Crippen molar-refractivity contribution in [1.82, 2.24) is 10.6 Å². The Kier molecular flexibility index (Phi) is 5.93. The molecule has 2 N–H and O–H groups in total. The molecule has 2 atom stereocenters. The van der Waals surface area contributed by atoms with Gasteiger partial charge < -0.3 is 19.5 Å². The van der Waals surface area contributed by atoms with E-state index in [4.69, 9.17) is 13.8 Å². The fourth-order valence-corrected chi connectivity index (χ4v) is 7.25. The molecule has 5 aromatic carbocycles. The summed E-state index contributed by atoms with van der Waals surface area (Å²) >= 11 is 0. The van der Waals surface area contributed by atoms with Crippen molar-refractivity contribution in [2.45, 2.75) is 12.2 Å². The molecule has 0 amide bonds. The second-order valence-corrected chi connectivity index (χ2v) is 12.4. The number of hydrogen-bond donors (Lipinski definition) is 2. The van der Waals surface area contributed by atoms with Crippen molar-refractivity contribution in [3.8, 4) is 0 Å². The number of nitrogens with zero attached hydrogens (tertiary/aromatic N) is 1. The predicted octanol–water partition coefficient (Wildman–Crippen LogP) is 7.87. The molecule has 4 heterocycles. The Morgan fingerprint density at radius 3 is 2.31 bits per heavy atom. The lowest BCUT2D eigenvalue weighted by atomic mass is 9.94. The van der Waals surface area contributed by atoms with Gasteiger partial charge in [0.25, 0.3) is 0 Å². The molecule has 0 saturated heterocycles. The highest BCUT2D eigenvalue weighted by Gasteiger charge is 2.26. The molecule has 0 radical (unpaired) electrons. The number of nitrogens with one attached hydrogen (secondary N) is 2. The van der Waals surface area contributed by atoms with Crippen LogP contribution in [0.25, 0.3) is 49.9 Å². The average molecular weight is 620 g/mol. The van der Waals surface area contributed by atoms with Crippen LogP contribution in [0.1, 0.15) is 28.4 Å². The first-order chi connectivity index (χ1) is 23.8. The third-order valence-electron chi connectivity index (χ3n) is 9.53. The molecule has 0 fully saturated rings. The maximum Gasteiger partial charge on any atom is 0.145 e. The second-order valence-electron chi connectivity index (χ2n) is 12.4. The van der Waals surface area contributed by atoms with Gasteiger partial charge in [0.1, 0.15) is 28.3 Å². The second kappa shape index (κ2) is 10.6. The van der Waals surface area contributed by atoms with Crippen LogP contribution in [0.4, 0.5) is 0 Å². The molecule has 7 aromatic rings. The summed E-state index contributed by atoms with van der Waals surface area (Å²) in [4.78, 5) is 5.29. The molecule has 0 bridgehead atoms. The molecule has 48 heavy (non-hydrogen) atoms. The fourth-order valence-electron chi connectivity index (χ4n) is 7.25. The SMILES string of the molecule is C1=CC2=c3oc4ccc(C5=NC(c6ccccc6)NC(c6cccc7c6oc6ccccc67)=C5)cc4c3=C(c3ccccc3)NC2C=C1. The summed E-state index contributed by atoms with van der Waals surface area (Å²) in [6.07, 6.45) is 10.4. The van der Waals surface area contributed by atoms with Crippen molar-refractivity contribution in [2.24, 2.45) is 4.99 Å². The van der Waals surface area contributed by atoms with Gasteiger partial charge in [0.15, 0.2) is 0 Å². The van der Waals surface area contributed by atoms with Crippen LogP contribution >= 0.6 is 0 Å². The Bertz CT molecular complexity index is 2670. The van der Waals surface area contributed by atoms with Gasteiger partial charge >= 0.3 is 0 Å². The van der Waals surface area contributed by atoms with Crippen molar-refractivity contribution in [3.05, 3.63) is 185 Å². The largest absolute Gasteiger partial charge is 0.456 e. The van der Waals surface area contributed by atoms with Gasteiger partial charge in [-0.3, -0.25) is 4.99 Å². The van der Waals surface area contributed by atoms with E-state index in [0.29, 0.717) is 0 Å². The molecule has 10 rings (SSSR count). The number of rotatable bonds is 4. The van der Waals surface area contributed by atoms with E-state index in [9.17, 15) is 0 Å². The van der Waals surface area contributed by atoms with Gasteiger partial charge in [-0.05, 0) is 47.5 Å². The maximum absolute atomic E-state index is 6.65. The van der Waals surface area contributed by atoms with E-state index in [0.717, 1.165) is 88.5 Å². The topological polar surface area (TPSA) is 62.7 Å². The summed E-state index contributed by atoms with van der Waals surface area (Å²) in [6, 6.07) is 41.9. The maximum atomic E-state index is 6.65. The van der Waals surface area contributed by atoms with Crippen LogP contribution in [0.2, 0.25) is 0 Å². The third-order valence-corrected chi connectivity index (χ3v) is 9.53. The van der Waals surface area contributed by atoms with Crippen LogP contribution in [-0.2, 0) is 0 Å². The first-order valence-electron chi connectivity index (χ1n) is 16.3. The van der Waals surface area contributed by atoms with Crippen molar-refractivity contribution >= 4 is 55.6 Å². The zero-order valence-corrected chi connectivity index (χ0v) is 25.9. The number of fused-ring (bicyclic) bond motifs is 7. The number of hydrogen-bond acceptors (Lipinski definition) is 5. The summed E-state index contributed by atoms with van der Waals surface area (Å²) in [5.41, 5.74) is 11.8. The molecule has 5 nitrogen and oxygen atoms in total. The number of aliphatic imine (C=N–C) groups is 1. The van der Waals surface area contributed by atoms with Gasteiger partial charge in [-0.25, -0.2) is 0 Å². The summed E-state index contributed by atoms with van der Waals surface area (Å²) in [7, 11) is 0. The van der Waals surface area contributed by atoms with E-state index in [1.54, 1.807) is 0 Å². The van der Waals surface area contributed by atoms with Gasteiger partial charge in [0.05, 0.1) is 22.7 Å². The molecular weight excluding hydrogens is 590 g/mol. The minimum Gasteiger partial charge on any atom is -0.456 e. The highest BCUT2D eigenvalue weighted by Crippen LogP contribution is 2.35. The molecule has 2 aromatic heterocycles. The fraction of sp³-hybridized carbons (Fsp3) is 0.0465. The molecule has 0 saturated carbocycles. The van der Waals surface area contributed by atoms with Crippen LogP contribution in [-0.4, -0.2) is 11.8 Å². The van der Waals surface area contributed by atoms with E-state index in [2.05, 4.69) is 138 Å². The molecule has 2 unspecified atom stereocenters. The van der Waals surface area contributed by atoms with E-state index in [1.807, 2.05) is 24.3 Å². The molecule has 228 valence electrons. The predicted molar refractivity (Wildman–Crippen MR) is 194 cm³/mol. The molecule has 2 aliphatic heterocycles. The smallest absolute Gasteiger partial charge is 0.145 e. The summed E-state index contributed by atoms with van der Waals surface area (Å²) in [6.45, 7) is 0. The Balaban J connectivity index is 1.20. The highest BCUT2D eigenvalue weighted by molar-refractivity contribution is 6.16. The molecule has 0 spiro atoms. The number of furan rings is 2. The van der Waals surface area contributed by atoms with Crippen molar-refractivity contribution in [1.29, 1.82) is 0 Å². The van der Waals surface area contributed by atoms with Crippen LogP contribution in [0.15, 0.2) is 166 Å². The summed E-state index contributed by atoms with van der Waals surface area (Å²) < 4.78 is 13.1. The zero-order chi connectivity index (χ0) is 31.6. The Labute approximate surface area is 276 Å². The van der Waals surface area contributed by atoms with E-state index >= 15 is 0 Å². The van der Waals surface area contributed by atoms with Gasteiger partial charge in [-0.1, -0.05) is 115 Å². The zero-order valence-electron chi connectivity index (χ0n) is 25.9. The first kappa shape index (κ1) is 26.8. The standard InChI is InChI=1S/C43H29N3O2/c1-3-12-26(13-4-1)40-39-33-24-28(22-23-38(33)48-42(39)31-17-7-9-20-34(31)44-40)35-25-36(46-43(45-35)27-14-5-2-6-15-27)32-19-11-18-30-29-16-8-10-21-37(29)47-41(30)32/h1-25,34,43-44,46H. The lowest BCUT2D eigenvalue weighted by molar-refractivity contribution is 0.564. The van der Waals surface area contributed by atoms with Crippen molar-refractivity contribution in [2.75, 3.05) is 0 Å². The van der Waals surface area contributed by atoms with Gasteiger partial charge in [0.2, 0.25) is 0 Å². The summed E-state index contributed by atoms with van der Waals surface area (Å²) in [5, 5.41) is 11.9. The minimum atomic E-state index is -0.279. The van der Waals surface area contributed by atoms with E-state index in [1.165, 1.54) is 0 Å². The number of para-hydroxylation sites is 2. The molecule has 1 aliphatic carbocycles. The Hall–Kier alpha value is -6.33. The molecule has 3 aliphatic rings. The van der Waals surface area contributed by atoms with Crippen molar-refractivity contribution in [3.63, 3.8) is 0 Å². The van der Waals surface area contributed by atoms with Crippen LogP contribution in [0.3, 0.4) is 0 Å². The average Bonchev–Trinajstić information content (AvgIpc) is 3.74.